The summed E-state index contributed by atoms with van der Waals surface area (Å²) in [7, 11) is -6.00. The topological polar surface area (TPSA) is 92.0 Å². The molecule has 0 atom stereocenters. The van der Waals surface area contributed by atoms with Crippen molar-refractivity contribution in [2.75, 3.05) is 5.34 Å². The molecule has 6 aromatic rings. The summed E-state index contributed by atoms with van der Waals surface area (Å²) in [5.41, 5.74) is 4.28. The molecule has 4 heterocycles. The average molecular weight is 917 g/mol. The number of rotatable bonds is 2. The number of benzene rings is 2. The van der Waals surface area contributed by atoms with Gasteiger partial charge in [0.1, 0.15) is 11.5 Å². The predicted octanol–water partition coefficient (Wildman–Crippen LogP) is 11.4. The minimum absolute atomic E-state index is 0. The van der Waals surface area contributed by atoms with Crippen molar-refractivity contribution in [3.05, 3.63) is 134 Å². The molecule has 0 amide bonds. The molecule has 0 aliphatic heterocycles. The van der Waals surface area contributed by atoms with E-state index in [0.717, 1.165) is 33.3 Å². The molecule has 0 bridgehead atoms. The van der Waals surface area contributed by atoms with Crippen molar-refractivity contribution in [2.45, 2.75) is 25.7 Å². The third-order valence-electron chi connectivity index (χ3n) is 6.62. The maximum absolute atomic E-state index is 9.78. The van der Waals surface area contributed by atoms with Gasteiger partial charge in [-0.15, -0.1) is 23.2 Å². The molecule has 0 spiro atoms. The number of pyridine rings is 4. The molecule has 1 aliphatic carbocycles. The molecule has 51 heavy (non-hydrogen) atoms. The number of phenolic OH excluding ortho intramolecular Hbond substituents is 2. The normalized spacial score (nSPS) is 13.0. The molecule has 269 valence electrons. The van der Waals surface area contributed by atoms with E-state index in [0.29, 0.717) is 11.3 Å². The molecule has 0 unspecified atom stereocenters. The van der Waals surface area contributed by atoms with Gasteiger partial charge >= 0.3 is 7.25 Å². The summed E-state index contributed by atoms with van der Waals surface area (Å²) in [6.45, 7) is 0. The summed E-state index contributed by atoms with van der Waals surface area (Å²) in [6.07, 6.45) is 17.4. The Bertz CT molecular complexity index is 1830. The number of hydrogen-bond acceptors (Lipinski definition) is 6. The first-order valence-electron chi connectivity index (χ1n) is 15.4. The Labute approximate surface area is 317 Å². The van der Waals surface area contributed by atoms with Gasteiger partial charge in [-0.05, 0) is 98.5 Å². The van der Waals surface area contributed by atoms with Gasteiger partial charge in [0, 0.05) is 54.4 Å². The van der Waals surface area contributed by atoms with E-state index >= 15 is 0 Å². The minimum Gasteiger partial charge on any atom is -0.507 e. The second-order valence-corrected chi connectivity index (χ2v) is 11.0. The number of alkyl halides is 2. The molecule has 0 saturated carbocycles. The summed E-state index contributed by atoms with van der Waals surface area (Å²) in [6, 6.07) is 29.7. The average Bonchev–Trinajstić information content (AvgIpc) is 3.08. The first-order valence-corrected chi connectivity index (χ1v) is 16.5. The number of halogens is 6. The van der Waals surface area contributed by atoms with Gasteiger partial charge in [0.2, 0.25) is 0 Å². The molecule has 1 radical (unpaired) electrons. The van der Waals surface area contributed by atoms with Crippen LogP contribution in [-0.2, 0) is 20.1 Å². The summed E-state index contributed by atoms with van der Waals surface area (Å²) in [5, 5.41) is 21.7. The Morgan fingerprint density at radius 2 is 0.863 bits per heavy atom. The Morgan fingerprint density at radius 1 is 0.529 bits per heavy atom. The van der Waals surface area contributed by atoms with Crippen molar-refractivity contribution in [3.63, 3.8) is 0 Å². The number of phenols is 2. The van der Waals surface area contributed by atoms with Gasteiger partial charge in [0.15, 0.2) is 11.3 Å². The van der Waals surface area contributed by atoms with Crippen molar-refractivity contribution in [2.24, 2.45) is 0 Å². The van der Waals surface area contributed by atoms with Crippen LogP contribution in [0.25, 0.3) is 44.6 Å². The van der Waals surface area contributed by atoms with Crippen LogP contribution in [-0.4, -0.2) is 42.7 Å². The largest absolute Gasteiger partial charge is 0.673 e. The number of aromatic nitrogens is 4. The van der Waals surface area contributed by atoms with Crippen LogP contribution in [0.15, 0.2) is 134 Å². The summed E-state index contributed by atoms with van der Waals surface area (Å²) in [5.74, 6) is 0.463. The van der Waals surface area contributed by atoms with E-state index in [9.17, 15) is 27.5 Å². The molecular weight excluding hydrogens is 882 g/mol. The first kappa shape index (κ1) is 42.8. The molecule has 14 heteroatoms. The summed E-state index contributed by atoms with van der Waals surface area (Å²) < 4.78 is 39.0. The molecule has 0 fully saturated rings. The fourth-order valence-electron chi connectivity index (χ4n) is 4.44. The van der Waals surface area contributed by atoms with Crippen LogP contribution in [0, 0.1) is 0 Å². The number of aromatic hydroxyl groups is 2. The first-order chi connectivity index (χ1) is 24.1. The maximum atomic E-state index is 9.78. The Hall–Kier alpha value is -4.35. The van der Waals surface area contributed by atoms with E-state index in [1.807, 2.05) is 72.8 Å². The summed E-state index contributed by atoms with van der Waals surface area (Å²) in [4.78, 5) is 17.3. The second-order valence-electron chi connectivity index (χ2n) is 10.2. The van der Waals surface area contributed by atoms with E-state index in [1.165, 1.54) is 25.7 Å². The van der Waals surface area contributed by atoms with Gasteiger partial charge in [0.05, 0.1) is 16.7 Å². The van der Waals surface area contributed by atoms with Crippen LogP contribution in [0.1, 0.15) is 25.7 Å². The van der Waals surface area contributed by atoms with Gasteiger partial charge in [-0.1, -0.05) is 48.6 Å². The predicted molar refractivity (Wildman–Crippen MR) is 197 cm³/mol. The molecule has 1 aliphatic rings. The monoisotopic (exact) mass is 916 g/mol. The minimum atomic E-state index is -6.00. The molecule has 4 aromatic heterocycles. The smallest absolute Gasteiger partial charge is 0.507 e. The van der Waals surface area contributed by atoms with E-state index in [-0.39, 0.29) is 36.9 Å². The third kappa shape index (κ3) is 16.0. The number of hydrogen-bond donors (Lipinski definition) is 2. The zero-order valence-corrected chi connectivity index (χ0v) is 31.0. The number of para-hydroxylation sites is 2. The fourth-order valence-corrected chi connectivity index (χ4v) is 4.44. The van der Waals surface area contributed by atoms with Crippen molar-refractivity contribution >= 4 is 52.5 Å². The zero-order valence-electron chi connectivity index (χ0n) is 27.1. The van der Waals surface area contributed by atoms with Crippen LogP contribution >= 0.6 is 23.2 Å². The van der Waals surface area contributed by atoms with Gasteiger partial charge in [-0.3, -0.25) is 0 Å². The second kappa shape index (κ2) is 23.2. The number of allylic oxidation sites excluding steroid dienone is 4. The quantitative estimate of drug-likeness (QED) is 0.0778. The maximum Gasteiger partial charge on any atom is 0.673 e. The van der Waals surface area contributed by atoms with Crippen molar-refractivity contribution in [3.8, 4) is 34.0 Å². The number of nitrogens with zero attached hydrogens (tertiary/aromatic N) is 4. The Balaban J connectivity index is 0.000000248. The zero-order chi connectivity index (χ0) is 36.2. The Morgan fingerprint density at radius 3 is 1.20 bits per heavy atom. The Kier molecular flexibility index (Phi) is 19.5. The third-order valence-corrected chi connectivity index (χ3v) is 6.62. The van der Waals surface area contributed by atoms with E-state index in [2.05, 4.69) is 44.2 Å². The van der Waals surface area contributed by atoms with Crippen LogP contribution in [0.4, 0.5) is 17.3 Å². The van der Waals surface area contributed by atoms with Gasteiger partial charge in [-0.25, -0.2) is 19.9 Å². The van der Waals surface area contributed by atoms with E-state index < -0.39 is 7.25 Å². The van der Waals surface area contributed by atoms with Gasteiger partial charge < -0.3 is 27.5 Å². The van der Waals surface area contributed by atoms with E-state index in [4.69, 9.17) is 23.2 Å². The SMILES string of the molecule is C1=C\CC/C=C\CC/1.ClCCl.F[B-](F)(F)F.Oc1ccccc1-c1ccc2cccnc2n1.Oc1ccccc1-c1ccc2cccnc2n1.[Ir]. The van der Waals surface area contributed by atoms with Crippen LogP contribution < -0.4 is 0 Å². The molecule has 7 rings (SSSR count). The van der Waals surface area contributed by atoms with Crippen LogP contribution in [0.2, 0.25) is 0 Å². The van der Waals surface area contributed by atoms with Crippen molar-refractivity contribution < 1.29 is 47.6 Å². The molecule has 2 aromatic carbocycles. The summed E-state index contributed by atoms with van der Waals surface area (Å²) >= 11 is 9.53. The van der Waals surface area contributed by atoms with Crippen LogP contribution in [0.3, 0.4) is 0 Å². The van der Waals surface area contributed by atoms with Gasteiger partial charge in [0.25, 0.3) is 0 Å². The fraction of sp³-hybridized carbons (Fsp3) is 0.135. The van der Waals surface area contributed by atoms with Crippen molar-refractivity contribution in [1.29, 1.82) is 0 Å². The number of fused-ring (bicyclic) bond motifs is 2. The standard InChI is InChI=1S/2C14H10N2O.C8H12.CH2Cl2.BF4.Ir/c2*17-13-6-2-1-5-11(13)12-8-7-10-4-3-9-15-14(10)16-12;1-2-4-6-8-7-5-3-1;2-1-3;2-1(3,4)5;/h2*1-9,17H;1-2,7-8H,3-6H2;1H2;;/q;;;;-1;/b;;2-1-,8-7-;;;. The van der Waals surface area contributed by atoms with E-state index in [1.54, 1.807) is 36.7 Å². The van der Waals surface area contributed by atoms with Crippen molar-refractivity contribution in [1.82, 2.24) is 19.9 Å². The van der Waals surface area contributed by atoms with Crippen LogP contribution in [0.5, 0.6) is 11.5 Å². The van der Waals surface area contributed by atoms with Gasteiger partial charge in [-0.2, -0.15) is 0 Å². The molecule has 0 saturated heterocycles. The molecular formula is C37H34BCl2F4IrN4O2-. The molecule has 6 nitrogen and oxygen atoms in total. The molecule has 2 N–H and O–H groups in total.